The molecular weight excluding hydrogens is 132 g/mol. The van der Waals surface area contributed by atoms with Crippen molar-refractivity contribution in [1.29, 1.82) is 0 Å². The Labute approximate surface area is 58.5 Å². The van der Waals surface area contributed by atoms with Crippen LogP contribution in [0, 0.1) is 0 Å². The highest BCUT2D eigenvalue weighted by Crippen LogP contribution is 1.91. The first kappa shape index (κ1) is 6.80. The number of aliphatic carboxylic acids is 1. The molecular formula is C6H8N2O2. The summed E-state index contributed by atoms with van der Waals surface area (Å²) in [5.74, 6) is -0.849. The Morgan fingerprint density at radius 3 is 3.10 bits per heavy atom. The highest BCUT2D eigenvalue weighted by molar-refractivity contribution is 5.73. The summed E-state index contributed by atoms with van der Waals surface area (Å²) in [6.07, 6.45) is 5.04. The molecule has 1 aliphatic heterocycles. The van der Waals surface area contributed by atoms with Crippen molar-refractivity contribution < 1.29 is 9.90 Å². The minimum Gasteiger partial charge on any atom is -0.480 e. The number of hydrogen-bond acceptors (Lipinski definition) is 3. The van der Waals surface area contributed by atoms with Crippen LogP contribution in [0.1, 0.15) is 0 Å². The normalized spacial score (nSPS) is 15.8. The Kier molecular flexibility index (Phi) is 2.04. The van der Waals surface area contributed by atoms with E-state index in [1.54, 1.807) is 6.20 Å². The molecule has 0 aromatic carbocycles. The van der Waals surface area contributed by atoms with Crippen molar-refractivity contribution in [2.45, 2.75) is 0 Å². The van der Waals surface area contributed by atoms with Crippen LogP contribution in [0.4, 0.5) is 0 Å². The van der Waals surface area contributed by atoms with Crippen LogP contribution in [-0.2, 0) is 4.79 Å². The molecule has 0 aliphatic carbocycles. The van der Waals surface area contributed by atoms with E-state index in [0.717, 1.165) is 0 Å². The maximum atomic E-state index is 10.1. The summed E-state index contributed by atoms with van der Waals surface area (Å²) in [5.41, 5.74) is 0. The highest BCUT2D eigenvalue weighted by Gasteiger charge is 2.02. The van der Waals surface area contributed by atoms with E-state index in [4.69, 9.17) is 5.11 Å². The molecule has 0 unspecified atom stereocenters. The van der Waals surface area contributed by atoms with E-state index in [2.05, 4.69) is 4.99 Å². The number of hydrogen-bond donors (Lipinski definition) is 1. The lowest BCUT2D eigenvalue weighted by molar-refractivity contribution is -0.136. The lowest BCUT2D eigenvalue weighted by atomic mass is 10.5. The summed E-state index contributed by atoms with van der Waals surface area (Å²) < 4.78 is 0. The minimum atomic E-state index is -0.849. The monoisotopic (exact) mass is 140 g/mol. The Morgan fingerprint density at radius 1 is 1.80 bits per heavy atom. The molecule has 0 fully saturated rings. The molecule has 0 aromatic rings. The molecule has 1 aliphatic rings. The first-order valence-electron chi connectivity index (χ1n) is 2.93. The maximum absolute atomic E-state index is 10.1. The average Bonchev–Trinajstić information content (AvgIpc) is 1.88. The van der Waals surface area contributed by atoms with Gasteiger partial charge in [0, 0.05) is 6.20 Å². The summed E-state index contributed by atoms with van der Waals surface area (Å²) in [4.78, 5) is 15.5. The topological polar surface area (TPSA) is 52.9 Å². The van der Waals surface area contributed by atoms with Crippen LogP contribution in [0.3, 0.4) is 0 Å². The number of rotatable bonds is 2. The number of carboxylic acids is 1. The van der Waals surface area contributed by atoms with Crippen LogP contribution >= 0.6 is 0 Å². The Morgan fingerprint density at radius 2 is 2.60 bits per heavy atom. The zero-order valence-electron chi connectivity index (χ0n) is 5.40. The van der Waals surface area contributed by atoms with Gasteiger partial charge in [0.05, 0.1) is 12.9 Å². The van der Waals surface area contributed by atoms with Gasteiger partial charge in [0.15, 0.2) is 0 Å². The van der Waals surface area contributed by atoms with Gasteiger partial charge in [-0.3, -0.25) is 9.79 Å². The fourth-order valence-corrected chi connectivity index (χ4v) is 0.684. The molecule has 4 nitrogen and oxygen atoms in total. The van der Waals surface area contributed by atoms with Crippen LogP contribution in [0.25, 0.3) is 0 Å². The minimum absolute atomic E-state index is 0.0139. The number of aliphatic imine (C=N–C) groups is 1. The Balaban J connectivity index is 2.40. The predicted molar refractivity (Wildman–Crippen MR) is 36.8 cm³/mol. The van der Waals surface area contributed by atoms with Crippen LogP contribution in [0.2, 0.25) is 0 Å². The van der Waals surface area contributed by atoms with Crippen molar-refractivity contribution in [2.75, 3.05) is 13.1 Å². The van der Waals surface area contributed by atoms with Crippen LogP contribution in [0.15, 0.2) is 17.3 Å². The lowest BCUT2D eigenvalue weighted by Crippen LogP contribution is -2.24. The molecule has 10 heavy (non-hydrogen) atoms. The molecule has 0 aromatic heterocycles. The summed E-state index contributed by atoms with van der Waals surface area (Å²) in [6.45, 7) is 0.635. The predicted octanol–water partition coefficient (Wildman–Crippen LogP) is -0.0714. The molecule has 0 saturated carbocycles. The van der Waals surface area contributed by atoms with Gasteiger partial charge in [0.2, 0.25) is 0 Å². The molecule has 0 bridgehead atoms. The highest BCUT2D eigenvalue weighted by atomic mass is 16.4. The quantitative estimate of drug-likeness (QED) is 0.584. The van der Waals surface area contributed by atoms with Crippen molar-refractivity contribution in [1.82, 2.24) is 4.90 Å². The zero-order valence-corrected chi connectivity index (χ0v) is 5.40. The third-order valence-electron chi connectivity index (χ3n) is 1.06. The van der Waals surface area contributed by atoms with Crippen molar-refractivity contribution >= 4 is 12.3 Å². The standard InChI is InChI=1S/C6H8N2O2/c9-6(10)4-8-3-1-2-7-5-8/h1,3,5H,2,4H2,(H,9,10). The van der Waals surface area contributed by atoms with Crippen LogP contribution in [0.5, 0.6) is 0 Å². The summed E-state index contributed by atoms with van der Waals surface area (Å²) in [6, 6.07) is 0. The fraction of sp³-hybridized carbons (Fsp3) is 0.333. The smallest absolute Gasteiger partial charge is 0.323 e. The molecule has 1 rings (SSSR count). The second-order valence-corrected chi connectivity index (χ2v) is 1.93. The molecule has 0 amide bonds. The summed E-state index contributed by atoms with van der Waals surface area (Å²) in [5, 5.41) is 8.33. The van der Waals surface area contributed by atoms with E-state index < -0.39 is 5.97 Å². The van der Waals surface area contributed by atoms with Gasteiger partial charge < -0.3 is 10.0 Å². The van der Waals surface area contributed by atoms with Gasteiger partial charge in [-0.25, -0.2) is 0 Å². The van der Waals surface area contributed by atoms with Crippen molar-refractivity contribution in [3.05, 3.63) is 12.3 Å². The number of carbonyl (C=O) groups is 1. The van der Waals surface area contributed by atoms with Gasteiger partial charge in [-0.2, -0.15) is 0 Å². The largest absolute Gasteiger partial charge is 0.480 e. The molecule has 0 radical (unpaired) electrons. The molecule has 1 heterocycles. The number of carboxylic acid groups (broad SMARTS) is 1. The molecule has 0 atom stereocenters. The van der Waals surface area contributed by atoms with Crippen molar-refractivity contribution in [3.63, 3.8) is 0 Å². The molecule has 0 spiro atoms. The van der Waals surface area contributed by atoms with Gasteiger partial charge in [0.25, 0.3) is 0 Å². The second-order valence-electron chi connectivity index (χ2n) is 1.93. The van der Waals surface area contributed by atoms with E-state index in [0.29, 0.717) is 6.54 Å². The number of nitrogens with zero attached hydrogens (tertiary/aromatic N) is 2. The fourth-order valence-electron chi connectivity index (χ4n) is 0.684. The third-order valence-corrected chi connectivity index (χ3v) is 1.06. The van der Waals surface area contributed by atoms with Gasteiger partial charge in [0.1, 0.15) is 6.54 Å². The molecule has 0 saturated heterocycles. The zero-order chi connectivity index (χ0) is 7.40. The van der Waals surface area contributed by atoms with E-state index in [-0.39, 0.29) is 6.54 Å². The van der Waals surface area contributed by atoms with Gasteiger partial charge in [-0.1, -0.05) is 0 Å². The third kappa shape index (κ3) is 1.89. The van der Waals surface area contributed by atoms with Crippen molar-refractivity contribution in [3.8, 4) is 0 Å². The van der Waals surface area contributed by atoms with E-state index in [9.17, 15) is 4.79 Å². The second kappa shape index (κ2) is 3.00. The average molecular weight is 140 g/mol. The SMILES string of the molecule is O=C(O)CN1C=CCN=C1. The Bertz CT molecular complexity index is 174. The summed E-state index contributed by atoms with van der Waals surface area (Å²) in [7, 11) is 0. The molecule has 4 heteroatoms. The lowest BCUT2D eigenvalue weighted by Gasteiger charge is -2.13. The van der Waals surface area contributed by atoms with Gasteiger partial charge >= 0.3 is 5.97 Å². The first-order valence-corrected chi connectivity index (χ1v) is 2.93. The van der Waals surface area contributed by atoms with Gasteiger partial charge in [-0.15, -0.1) is 0 Å². The van der Waals surface area contributed by atoms with E-state index in [1.807, 2.05) is 6.08 Å². The molecule has 54 valence electrons. The first-order chi connectivity index (χ1) is 4.79. The molecule has 1 N–H and O–H groups in total. The van der Waals surface area contributed by atoms with E-state index >= 15 is 0 Å². The van der Waals surface area contributed by atoms with Crippen LogP contribution in [-0.4, -0.2) is 35.4 Å². The van der Waals surface area contributed by atoms with Gasteiger partial charge in [-0.05, 0) is 6.08 Å². The Hall–Kier alpha value is -1.32. The summed E-state index contributed by atoms with van der Waals surface area (Å²) >= 11 is 0. The van der Waals surface area contributed by atoms with Crippen molar-refractivity contribution in [2.24, 2.45) is 4.99 Å². The maximum Gasteiger partial charge on any atom is 0.323 e. The van der Waals surface area contributed by atoms with E-state index in [1.165, 1.54) is 11.2 Å². The van der Waals surface area contributed by atoms with Crippen LogP contribution < -0.4 is 0 Å².